The van der Waals surface area contributed by atoms with Gasteiger partial charge >= 0.3 is 5.97 Å². The SMILES string of the molecule is O=C(O)C12CCC=CC1=C1C=CC3C4CC5CCCNC5CC4CCC3C1CC2. The minimum atomic E-state index is -0.610. The van der Waals surface area contributed by atoms with Crippen molar-refractivity contribution in [1.82, 2.24) is 5.32 Å². The smallest absolute Gasteiger partial charge is 0.314 e. The Morgan fingerprint density at radius 3 is 2.86 bits per heavy atom. The van der Waals surface area contributed by atoms with Gasteiger partial charge in [-0.05, 0) is 117 Å². The number of allylic oxidation sites excluding steroid dienone is 5. The fourth-order valence-corrected chi connectivity index (χ4v) is 8.51. The van der Waals surface area contributed by atoms with Crippen LogP contribution in [-0.4, -0.2) is 23.7 Å². The molecule has 3 heteroatoms. The highest BCUT2D eigenvalue weighted by molar-refractivity contribution is 5.81. The van der Waals surface area contributed by atoms with E-state index in [1.54, 1.807) is 0 Å². The number of piperidine rings is 1. The fraction of sp³-hybridized carbons (Fsp3) is 0.731. The summed E-state index contributed by atoms with van der Waals surface area (Å²) in [6.07, 6.45) is 21.3. The molecule has 0 aromatic heterocycles. The number of hydrogen-bond acceptors (Lipinski definition) is 2. The van der Waals surface area contributed by atoms with Gasteiger partial charge in [-0.25, -0.2) is 0 Å². The van der Waals surface area contributed by atoms with Gasteiger partial charge in [0.25, 0.3) is 0 Å². The van der Waals surface area contributed by atoms with E-state index in [1.807, 2.05) is 0 Å². The molecule has 0 radical (unpaired) electrons. The van der Waals surface area contributed by atoms with Gasteiger partial charge < -0.3 is 10.4 Å². The number of rotatable bonds is 1. The van der Waals surface area contributed by atoms with Crippen LogP contribution in [0.15, 0.2) is 35.5 Å². The van der Waals surface area contributed by atoms with Crippen LogP contribution in [-0.2, 0) is 4.79 Å². The van der Waals surface area contributed by atoms with Crippen molar-refractivity contribution in [2.45, 2.75) is 70.3 Å². The van der Waals surface area contributed by atoms with Crippen molar-refractivity contribution < 1.29 is 9.90 Å². The Labute approximate surface area is 174 Å². The zero-order valence-corrected chi connectivity index (χ0v) is 17.5. The molecule has 5 aliphatic carbocycles. The molecule has 0 spiro atoms. The van der Waals surface area contributed by atoms with Gasteiger partial charge in [-0.3, -0.25) is 4.79 Å². The molecule has 6 rings (SSSR count). The zero-order chi connectivity index (χ0) is 19.6. The van der Waals surface area contributed by atoms with Gasteiger partial charge in [-0.1, -0.05) is 24.3 Å². The van der Waals surface area contributed by atoms with Crippen molar-refractivity contribution in [2.24, 2.45) is 40.9 Å². The highest BCUT2D eigenvalue weighted by Crippen LogP contribution is 2.59. The lowest BCUT2D eigenvalue weighted by atomic mass is 9.51. The lowest BCUT2D eigenvalue weighted by Gasteiger charge is -2.55. The number of nitrogens with one attached hydrogen (secondary N) is 1. The summed E-state index contributed by atoms with van der Waals surface area (Å²) in [6.45, 7) is 1.22. The van der Waals surface area contributed by atoms with E-state index in [-0.39, 0.29) is 0 Å². The van der Waals surface area contributed by atoms with E-state index >= 15 is 0 Å². The summed E-state index contributed by atoms with van der Waals surface area (Å²) in [7, 11) is 0. The first kappa shape index (κ1) is 18.4. The Morgan fingerprint density at radius 2 is 1.97 bits per heavy atom. The molecule has 156 valence electrons. The summed E-state index contributed by atoms with van der Waals surface area (Å²) in [4.78, 5) is 12.3. The minimum absolute atomic E-state index is 0.592. The van der Waals surface area contributed by atoms with Crippen molar-refractivity contribution in [3.63, 3.8) is 0 Å². The van der Waals surface area contributed by atoms with E-state index in [2.05, 4.69) is 29.6 Å². The predicted molar refractivity (Wildman–Crippen MR) is 114 cm³/mol. The van der Waals surface area contributed by atoms with Crippen molar-refractivity contribution in [3.8, 4) is 0 Å². The highest BCUT2D eigenvalue weighted by atomic mass is 16.4. The molecule has 2 saturated carbocycles. The lowest BCUT2D eigenvalue weighted by molar-refractivity contribution is -0.148. The average Bonchev–Trinajstić information content (AvgIpc) is 2.76. The van der Waals surface area contributed by atoms with Crippen LogP contribution in [0.4, 0.5) is 0 Å². The Hall–Kier alpha value is -1.35. The van der Waals surface area contributed by atoms with Gasteiger partial charge in [0.05, 0.1) is 5.41 Å². The highest BCUT2D eigenvalue weighted by Gasteiger charge is 2.53. The monoisotopic (exact) mass is 393 g/mol. The fourth-order valence-electron chi connectivity index (χ4n) is 8.51. The maximum atomic E-state index is 12.3. The predicted octanol–water partition coefficient (Wildman–Crippen LogP) is 5.10. The molecule has 1 aliphatic heterocycles. The van der Waals surface area contributed by atoms with Gasteiger partial charge in [0, 0.05) is 6.04 Å². The molecule has 0 amide bonds. The van der Waals surface area contributed by atoms with Crippen LogP contribution >= 0.6 is 0 Å². The van der Waals surface area contributed by atoms with Crippen LogP contribution in [0.2, 0.25) is 0 Å². The molecule has 8 atom stereocenters. The molecular weight excluding hydrogens is 358 g/mol. The van der Waals surface area contributed by atoms with Crippen LogP contribution < -0.4 is 5.32 Å². The second-order valence-corrected chi connectivity index (χ2v) is 10.9. The Balaban J connectivity index is 1.35. The Bertz CT molecular complexity index is 795. The minimum Gasteiger partial charge on any atom is -0.481 e. The van der Waals surface area contributed by atoms with Crippen molar-refractivity contribution in [2.75, 3.05) is 6.54 Å². The van der Waals surface area contributed by atoms with Gasteiger partial charge in [0.15, 0.2) is 0 Å². The van der Waals surface area contributed by atoms with Crippen LogP contribution in [0.3, 0.4) is 0 Å². The molecule has 0 aromatic rings. The summed E-state index contributed by atoms with van der Waals surface area (Å²) in [5.74, 6) is 4.14. The van der Waals surface area contributed by atoms with E-state index in [0.29, 0.717) is 5.92 Å². The normalized spacial score (nSPS) is 48.1. The molecule has 6 aliphatic rings. The number of aliphatic carboxylic acids is 1. The molecule has 1 heterocycles. The molecule has 1 saturated heterocycles. The summed E-state index contributed by atoms with van der Waals surface area (Å²) in [6, 6.07) is 0.782. The van der Waals surface area contributed by atoms with Gasteiger partial charge in [0.1, 0.15) is 0 Å². The van der Waals surface area contributed by atoms with Crippen LogP contribution in [0, 0.1) is 40.9 Å². The third-order valence-corrected chi connectivity index (χ3v) is 9.88. The van der Waals surface area contributed by atoms with Gasteiger partial charge in [-0.2, -0.15) is 0 Å². The number of carboxylic acids is 1. The molecule has 2 N–H and O–H groups in total. The summed E-state index contributed by atoms with van der Waals surface area (Å²) >= 11 is 0. The Kier molecular flexibility index (Phi) is 4.34. The maximum absolute atomic E-state index is 12.3. The number of carboxylic acid groups (broad SMARTS) is 1. The third-order valence-electron chi connectivity index (χ3n) is 9.88. The van der Waals surface area contributed by atoms with Crippen molar-refractivity contribution >= 4 is 5.97 Å². The third kappa shape index (κ3) is 2.69. The largest absolute Gasteiger partial charge is 0.481 e. The molecule has 29 heavy (non-hydrogen) atoms. The lowest BCUT2D eigenvalue weighted by Crippen LogP contribution is -2.52. The summed E-state index contributed by atoms with van der Waals surface area (Å²) < 4.78 is 0. The topological polar surface area (TPSA) is 49.3 Å². The first-order valence-electron chi connectivity index (χ1n) is 12.2. The van der Waals surface area contributed by atoms with Crippen LogP contribution in [0.1, 0.15) is 64.2 Å². The first-order valence-corrected chi connectivity index (χ1v) is 12.2. The molecule has 8 unspecified atom stereocenters. The second kappa shape index (κ2) is 6.83. The summed E-state index contributed by atoms with van der Waals surface area (Å²) in [5, 5.41) is 13.9. The van der Waals surface area contributed by atoms with E-state index < -0.39 is 11.4 Å². The van der Waals surface area contributed by atoms with Crippen LogP contribution in [0.25, 0.3) is 0 Å². The van der Waals surface area contributed by atoms with E-state index in [1.165, 1.54) is 50.6 Å². The van der Waals surface area contributed by atoms with Crippen LogP contribution in [0.5, 0.6) is 0 Å². The zero-order valence-electron chi connectivity index (χ0n) is 17.5. The number of hydrogen-bond donors (Lipinski definition) is 2. The van der Waals surface area contributed by atoms with E-state index in [9.17, 15) is 9.90 Å². The Morgan fingerprint density at radius 1 is 1.03 bits per heavy atom. The quantitative estimate of drug-likeness (QED) is 0.651. The standard InChI is InChI=1S/C26H35NO2/c28-25(29)26-11-2-1-5-23(26)21-9-8-19-18(20(21)10-12-26)7-6-16-15-24-17(14-22(16)19)4-3-13-27-24/h1,5,8-9,16-20,22,24,27H,2-4,6-7,10-15H2,(H,28,29). The molecule has 0 aromatic carbocycles. The number of fused-ring (bicyclic) bond motifs is 7. The average molecular weight is 394 g/mol. The van der Waals surface area contributed by atoms with E-state index in [0.717, 1.165) is 66.9 Å². The molecular formula is C26H35NO2. The van der Waals surface area contributed by atoms with Gasteiger partial charge in [0.2, 0.25) is 0 Å². The molecule has 3 fully saturated rings. The first-order chi connectivity index (χ1) is 14.2. The molecule has 0 bridgehead atoms. The summed E-state index contributed by atoms with van der Waals surface area (Å²) in [5.41, 5.74) is 1.94. The maximum Gasteiger partial charge on any atom is 0.314 e. The van der Waals surface area contributed by atoms with E-state index in [4.69, 9.17) is 0 Å². The van der Waals surface area contributed by atoms with Gasteiger partial charge in [-0.15, -0.1) is 0 Å². The van der Waals surface area contributed by atoms with Crippen molar-refractivity contribution in [1.29, 1.82) is 0 Å². The molecule has 3 nitrogen and oxygen atoms in total. The second-order valence-electron chi connectivity index (χ2n) is 10.9. The van der Waals surface area contributed by atoms with Crippen molar-refractivity contribution in [3.05, 3.63) is 35.5 Å². The number of carbonyl (C=O) groups is 1.